The molecule has 3 aromatic carbocycles. The van der Waals surface area contributed by atoms with Gasteiger partial charge < -0.3 is 4.74 Å². The largest absolute Gasteiger partial charge is 0.460 e. The molecule has 3 aromatic rings. The quantitative estimate of drug-likeness (QED) is 0.434. The maximum Gasteiger partial charge on any atom is 0.312 e. The van der Waals surface area contributed by atoms with Crippen LogP contribution in [-0.2, 0) is 16.1 Å². The summed E-state index contributed by atoms with van der Waals surface area (Å²) in [6, 6.07) is 18.8. The Kier molecular flexibility index (Phi) is 4.57. The van der Waals surface area contributed by atoms with E-state index in [2.05, 4.69) is 30.3 Å². The molecule has 124 valence electrons. The van der Waals surface area contributed by atoms with E-state index in [1.165, 1.54) is 10.8 Å². The molecule has 0 fully saturated rings. The molecule has 0 heterocycles. The molecule has 0 unspecified atom stereocenters. The van der Waals surface area contributed by atoms with Gasteiger partial charge in [-0.15, -0.1) is 0 Å². The van der Waals surface area contributed by atoms with Crippen molar-refractivity contribution in [3.05, 3.63) is 60.2 Å². The van der Waals surface area contributed by atoms with Crippen LogP contribution in [0.15, 0.2) is 54.6 Å². The van der Waals surface area contributed by atoms with Crippen LogP contribution in [0.4, 0.5) is 0 Å². The number of carbonyl (C=O) groups is 1. The Hall–Kier alpha value is -2.35. The second kappa shape index (κ2) is 6.64. The predicted molar refractivity (Wildman–Crippen MR) is 99.9 cm³/mol. The van der Waals surface area contributed by atoms with Gasteiger partial charge in [0.15, 0.2) is 0 Å². The smallest absolute Gasteiger partial charge is 0.312 e. The molecule has 0 saturated heterocycles. The van der Waals surface area contributed by atoms with Crippen molar-refractivity contribution >= 4 is 27.5 Å². The molecule has 2 heteroatoms. The average Bonchev–Trinajstić information content (AvgIpc) is 2.64. The molecule has 0 aliphatic heterocycles. The predicted octanol–water partition coefficient (Wildman–Crippen LogP) is 5.86. The van der Waals surface area contributed by atoms with Crippen LogP contribution in [0.3, 0.4) is 0 Å². The first kappa shape index (κ1) is 16.5. The van der Waals surface area contributed by atoms with E-state index >= 15 is 0 Å². The summed E-state index contributed by atoms with van der Waals surface area (Å²) < 4.78 is 5.75. The molecule has 0 bridgehead atoms. The van der Waals surface area contributed by atoms with E-state index in [4.69, 9.17) is 4.74 Å². The summed E-state index contributed by atoms with van der Waals surface area (Å²) in [5, 5.41) is 4.66. The fourth-order valence-corrected chi connectivity index (χ4v) is 3.11. The molecular formula is C22H24O2. The zero-order chi connectivity index (χ0) is 17.2. The van der Waals surface area contributed by atoms with Crippen LogP contribution in [-0.4, -0.2) is 5.97 Å². The monoisotopic (exact) mass is 320 g/mol. The minimum absolute atomic E-state index is 0.107. The summed E-state index contributed by atoms with van der Waals surface area (Å²) in [5.41, 5.74) is 0.687. The lowest BCUT2D eigenvalue weighted by molar-refractivity contribution is -0.156. The standard InChI is InChI=1S/C22H24O2/c1-4-22(3,5-2)21(23)24-15-20-18-12-8-6-10-16(18)14-17-11-7-9-13-19(17)20/h6-14H,4-5,15H2,1-3H3. The van der Waals surface area contributed by atoms with Gasteiger partial charge >= 0.3 is 5.97 Å². The number of hydrogen-bond acceptors (Lipinski definition) is 2. The number of ether oxygens (including phenoxy) is 1. The highest BCUT2D eigenvalue weighted by Gasteiger charge is 2.31. The fourth-order valence-electron chi connectivity index (χ4n) is 3.11. The SMILES string of the molecule is CCC(C)(CC)C(=O)OCc1c2ccccc2cc2ccccc12. The molecule has 0 aromatic heterocycles. The van der Waals surface area contributed by atoms with Gasteiger partial charge in [-0.1, -0.05) is 62.4 Å². The van der Waals surface area contributed by atoms with Crippen molar-refractivity contribution in [1.29, 1.82) is 0 Å². The highest BCUT2D eigenvalue weighted by atomic mass is 16.5. The van der Waals surface area contributed by atoms with Crippen molar-refractivity contribution in [3.8, 4) is 0 Å². The summed E-state index contributed by atoms with van der Waals surface area (Å²) in [6.45, 7) is 6.38. The van der Waals surface area contributed by atoms with Gasteiger partial charge in [-0.25, -0.2) is 0 Å². The van der Waals surface area contributed by atoms with Gasteiger partial charge in [-0.3, -0.25) is 4.79 Å². The van der Waals surface area contributed by atoms with E-state index in [0.29, 0.717) is 6.61 Å². The fraction of sp³-hybridized carbons (Fsp3) is 0.318. The Morgan fingerprint density at radius 1 is 0.917 bits per heavy atom. The zero-order valence-electron chi connectivity index (χ0n) is 14.6. The third-order valence-corrected chi connectivity index (χ3v) is 5.28. The Bertz CT molecular complexity index is 821. The maximum absolute atomic E-state index is 12.6. The lowest BCUT2D eigenvalue weighted by atomic mass is 9.85. The lowest BCUT2D eigenvalue weighted by Gasteiger charge is -2.24. The van der Waals surface area contributed by atoms with Gasteiger partial charge in [0.1, 0.15) is 6.61 Å². The molecule has 0 saturated carbocycles. The second-order valence-electron chi connectivity index (χ2n) is 6.64. The first-order valence-electron chi connectivity index (χ1n) is 8.65. The van der Waals surface area contributed by atoms with Gasteiger partial charge in [-0.05, 0) is 47.4 Å². The maximum atomic E-state index is 12.6. The Morgan fingerprint density at radius 2 is 1.42 bits per heavy atom. The van der Waals surface area contributed by atoms with E-state index in [-0.39, 0.29) is 5.97 Å². The Morgan fingerprint density at radius 3 is 1.92 bits per heavy atom. The van der Waals surface area contributed by atoms with Crippen molar-refractivity contribution in [3.63, 3.8) is 0 Å². The van der Waals surface area contributed by atoms with Crippen LogP contribution in [0.1, 0.15) is 39.2 Å². The Balaban J connectivity index is 2.02. The van der Waals surface area contributed by atoms with Gasteiger partial charge in [-0.2, -0.15) is 0 Å². The molecule has 0 N–H and O–H groups in total. The van der Waals surface area contributed by atoms with Crippen LogP contribution in [0, 0.1) is 5.41 Å². The van der Waals surface area contributed by atoms with Gasteiger partial charge in [0, 0.05) is 5.56 Å². The lowest BCUT2D eigenvalue weighted by Crippen LogP contribution is -2.28. The summed E-state index contributed by atoms with van der Waals surface area (Å²) in [5.74, 6) is -0.107. The van der Waals surface area contributed by atoms with Crippen LogP contribution >= 0.6 is 0 Å². The first-order valence-corrected chi connectivity index (χ1v) is 8.65. The second-order valence-corrected chi connectivity index (χ2v) is 6.64. The van der Waals surface area contributed by atoms with Crippen LogP contribution in [0.5, 0.6) is 0 Å². The first-order chi connectivity index (χ1) is 11.6. The number of rotatable bonds is 5. The minimum Gasteiger partial charge on any atom is -0.460 e. The summed E-state index contributed by atoms with van der Waals surface area (Å²) in [7, 11) is 0. The topological polar surface area (TPSA) is 26.3 Å². The summed E-state index contributed by atoms with van der Waals surface area (Å²) in [4.78, 5) is 12.6. The Labute approximate surface area is 143 Å². The highest BCUT2D eigenvalue weighted by molar-refractivity contribution is 6.02. The van der Waals surface area contributed by atoms with Crippen LogP contribution in [0.25, 0.3) is 21.5 Å². The minimum atomic E-state index is -0.402. The zero-order valence-corrected chi connectivity index (χ0v) is 14.6. The van der Waals surface area contributed by atoms with Crippen molar-refractivity contribution in [2.75, 3.05) is 0 Å². The third-order valence-electron chi connectivity index (χ3n) is 5.28. The van der Waals surface area contributed by atoms with Crippen molar-refractivity contribution in [1.82, 2.24) is 0 Å². The molecule has 0 spiro atoms. The average molecular weight is 320 g/mol. The van der Waals surface area contributed by atoms with Gasteiger partial charge in [0.2, 0.25) is 0 Å². The van der Waals surface area contributed by atoms with Crippen molar-refractivity contribution in [2.24, 2.45) is 5.41 Å². The van der Waals surface area contributed by atoms with E-state index in [9.17, 15) is 4.79 Å². The number of esters is 1. The van der Waals surface area contributed by atoms with Crippen LogP contribution < -0.4 is 0 Å². The van der Waals surface area contributed by atoms with E-state index in [1.54, 1.807) is 0 Å². The number of benzene rings is 3. The summed E-state index contributed by atoms with van der Waals surface area (Å²) >= 11 is 0. The molecular weight excluding hydrogens is 296 g/mol. The van der Waals surface area contributed by atoms with Crippen molar-refractivity contribution < 1.29 is 9.53 Å². The van der Waals surface area contributed by atoms with E-state index in [0.717, 1.165) is 29.2 Å². The highest BCUT2D eigenvalue weighted by Crippen LogP contribution is 2.31. The van der Waals surface area contributed by atoms with Gasteiger partial charge in [0.05, 0.1) is 5.41 Å². The van der Waals surface area contributed by atoms with Crippen LogP contribution in [0.2, 0.25) is 0 Å². The molecule has 0 atom stereocenters. The van der Waals surface area contributed by atoms with E-state index < -0.39 is 5.41 Å². The molecule has 24 heavy (non-hydrogen) atoms. The summed E-state index contributed by atoms with van der Waals surface area (Å²) in [6.07, 6.45) is 1.58. The number of carbonyl (C=O) groups excluding carboxylic acids is 1. The number of fused-ring (bicyclic) bond motifs is 2. The molecule has 3 rings (SSSR count). The molecule has 2 nitrogen and oxygen atoms in total. The molecule has 0 radical (unpaired) electrons. The third kappa shape index (κ3) is 2.89. The molecule has 0 aliphatic rings. The normalized spacial score (nSPS) is 11.8. The number of hydrogen-bond donors (Lipinski definition) is 0. The van der Waals surface area contributed by atoms with Gasteiger partial charge in [0.25, 0.3) is 0 Å². The molecule has 0 aliphatic carbocycles. The van der Waals surface area contributed by atoms with Crippen molar-refractivity contribution in [2.45, 2.75) is 40.2 Å². The molecule has 0 amide bonds. The van der Waals surface area contributed by atoms with E-state index in [1.807, 2.05) is 45.0 Å².